The van der Waals surface area contributed by atoms with E-state index >= 15 is 0 Å². The van der Waals surface area contributed by atoms with Crippen LogP contribution in [0.2, 0.25) is 0 Å². The molecule has 0 atom stereocenters. The predicted molar refractivity (Wildman–Crippen MR) is 62.5 cm³/mol. The Morgan fingerprint density at radius 3 is 2.35 bits per heavy atom. The van der Waals surface area contributed by atoms with Crippen molar-refractivity contribution in [3.63, 3.8) is 0 Å². The van der Waals surface area contributed by atoms with Crippen molar-refractivity contribution in [2.24, 2.45) is 0 Å². The average Bonchev–Trinajstić information content (AvgIpc) is 2.29. The highest BCUT2D eigenvalue weighted by atomic mass is 32.3. The maximum Gasteiger partial charge on any atom is 0.426 e. The molecule has 0 saturated heterocycles. The minimum absolute atomic E-state index is 0.0740. The Morgan fingerprint density at radius 1 is 0.941 bits per heavy atom. The van der Waals surface area contributed by atoms with Crippen LogP contribution in [0.5, 0.6) is 0 Å². The van der Waals surface area contributed by atoms with Crippen molar-refractivity contribution >= 4 is 10.4 Å². The second-order valence-electron chi connectivity index (χ2n) is 3.38. The fourth-order valence-electron chi connectivity index (χ4n) is 1.04. The van der Waals surface area contributed by atoms with Crippen molar-refractivity contribution in [1.29, 1.82) is 0 Å². The van der Waals surface area contributed by atoms with Crippen molar-refractivity contribution in [1.82, 2.24) is 0 Å². The molecule has 0 N–H and O–H groups in total. The van der Waals surface area contributed by atoms with E-state index in [1.807, 2.05) is 6.92 Å². The highest BCUT2D eigenvalue weighted by Gasteiger charge is 2.12. The zero-order valence-corrected chi connectivity index (χ0v) is 11.3. The molecule has 0 aromatic rings. The molecule has 0 heterocycles. The van der Waals surface area contributed by atoms with Crippen LogP contribution in [0, 0.1) is 0 Å². The number of ether oxygens (including phenoxy) is 1. The van der Waals surface area contributed by atoms with E-state index in [0.717, 1.165) is 25.7 Å². The summed E-state index contributed by atoms with van der Waals surface area (Å²) in [5.41, 5.74) is 0. The van der Waals surface area contributed by atoms with Gasteiger partial charge >= 0.3 is 10.4 Å². The summed E-state index contributed by atoms with van der Waals surface area (Å²) in [6.45, 7) is 4.79. The summed E-state index contributed by atoms with van der Waals surface area (Å²) in [4.78, 5) is 4.55. The van der Waals surface area contributed by atoms with E-state index in [9.17, 15) is 8.42 Å². The molecule has 0 radical (unpaired) electrons. The molecule has 0 amide bonds. The first-order chi connectivity index (χ1) is 8.12. The van der Waals surface area contributed by atoms with Crippen molar-refractivity contribution < 1.29 is 26.6 Å². The number of hydrogen-bond donors (Lipinski definition) is 0. The van der Waals surface area contributed by atoms with E-state index in [0.29, 0.717) is 6.61 Å². The van der Waals surface area contributed by atoms with Crippen molar-refractivity contribution in [2.75, 3.05) is 26.4 Å². The molecule has 0 rings (SSSR count). The molecule has 0 bridgehead atoms. The first kappa shape index (κ1) is 16.8. The van der Waals surface area contributed by atoms with Gasteiger partial charge < -0.3 is 4.74 Å². The molecule has 0 fully saturated rings. The third kappa shape index (κ3) is 12.0. The average molecular weight is 270 g/mol. The highest BCUT2D eigenvalue weighted by molar-refractivity contribution is 7.81. The smallest absolute Gasteiger partial charge is 0.379 e. The molecule has 0 aliphatic rings. The van der Waals surface area contributed by atoms with E-state index in [1.54, 1.807) is 0 Å². The molecule has 17 heavy (non-hydrogen) atoms. The van der Waals surface area contributed by atoms with E-state index < -0.39 is 10.4 Å². The summed E-state index contributed by atoms with van der Waals surface area (Å²) in [6, 6.07) is 0. The second kappa shape index (κ2) is 10.9. The topological polar surface area (TPSA) is 71.1 Å². The molecule has 0 spiro atoms. The quantitative estimate of drug-likeness (QED) is 0.306. The lowest BCUT2D eigenvalue weighted by Crippen LogP contribution is -2.14. The fourth-order valence-corrected chi connectivity index (χ4v) is 1.54. The van der Waals surface area contributed by atoms with Gasteiger partial charge in [0.2, 0.25) is 0 Å². The van der Waals surface area contributed by atoms with Crippen LogP contribution in [-0.2, 0) is 28.5 Å². The molecule has 104 valence electrons. The SMILES string of the molecule is CCCCCCOOS(=O)(=O)OCCOCC. The van der Waals surface area contributed by atoms with Gasteiger partial charge in [-0.1, -0.05) is 30.5 Å². The van der Waals surface area contributed by atoms with E-state index in [-0.39, 0.29) is 19.8 Å². The number of hydrogen-bond acceptors (Lipinski definition) is 6. The van der Waals surface area contributed by atoms with E-state index in [2.05, 4.69) is 20.3 Å². The maximum absolute atomic E-state index is 11.1. The maximum atomic E-state index is 11.1. The lowest BCUT2D eigenvalue weighted by molar-refractivity contribution is -0.210. The minimum Gasteiger partial charge on any atom is -0.379 e. The zero-order valence-electron chi connectivity index (χ0n) is 10.5. The van der Waals surface area contributed by atoms with Gasteiger partial charge in [-0.2, -0.15) is 8.42 Å². The Bertz CT molecular complexity index is 252. The van der Waals surface area contributed by atoms with Gasteiger partial charge in [-0.15, -0.1) is 0 Å². The lowest BCUT2D eigenvalue weighted by Gasteiger charge is -2.05. The Balaban J connectivity index is 3.44. The highest BCUT2D eigenvalue weighted by Crippen LogP contribution is 2.02. The van der Waals surface area contributed by atoms with Gasteiger partial charge in [-0.05, 0) is 13.3 Å². The fraction of sp³-hybridized carbons (Fsp3) is 1.00. The van der Waals surface area contributed by atoms with Gasteiger partial charge in [0.25, 0.3) is 0 Å². The van der Waals surface area contributed by atoms with Gasteiger partial charge in [0.1, 0.15) is 0 Å². The number of unbranched alkanes of at least 4 members (excludes halogenated alkanes) is 3. The van der Waals surface area contributed by atoms with Gasteiger partial charge in [0.15, 0.2) is 0 Å². The van der Waals surface area contributed by atoms with Crippen molar-refractivity contribution in [3.8, 4) is 0 Å². The largest absolute Gasteiger partial charge is 0.426 e. The second-order valence-corrected chi connectivity index (χ2v) is 4.57. The summed E-state index contributed by atoms with van der Waals surface area (Å²) in [6.07, 6.45) is 3.97. The summed E-state index contributed by atoms with van der Waals surface area (Å²) in [7, 11) is -4.06. The van der Waals surface area contributed by atoms with Gasteiger partial charge in [0, 0.05) is 6.61 Å². The van der Waals surface area contributed by atoms with Crippen LogP contribution >= 0.6 is 0 Å². The van der Waals surface area contributed by atoms with Crippen LogP contribution in [0.15, 0.2) is 0 Å². The molecule has 0 aromatic heterocycles. The predicted octanol–water partition coefficient (Wildman–Crippen LogP) is 1.81. The van der Waals surface area contributed by atoms with Crippen LogP contribution in [0.25, 0.3) is 0 Å². The molecule has 6 nitrogen and oxygen atoms in total. The molecule has 7 heteroatoms. The summed E-state index contributed by atoms with van der Waals surface area (Å²) < 4.78 is 35.7. The molecule has 0 saturated carbocycles. The molecule has 0 unspecified atom stereocenters. The Morgan fingerprint density at radius 2 is 1.71 bits per heavy atom. The van der Waals surface area contributed by atoms with Gasteiger partial charge in [-0.25, -0.2) is 9.07 Å². The Kier molecular flexibility index (Phi) is 10.8. The molecular formula is C10H22O6S. The Labute approximate surface area is 103 Å². The molecule has 0 aliphatic heterocycles. The normalized spacial score (nSPS) is 11.9. The van der Waals surface area contributed by atoms with Crippen LogP contribution in [0.1, 0.15) is 39.5 Å². The van der Waals surface area contributed by atoms with Crippen LogP contribution in [-0.4, -0.2) is 34.8 Å². The lowest BCUT2D eigenvalue weighted by atomic mass is 10.2. The third-order valence-electron chi connectivity index (χ3n) is 1.87. The van der Waals surface area contributed by atoms with Gasteiger partial charge in [-0.3, -0.25) is 0 Å². The monoisotopic (exact) mass is 270 g/mol. The minimum atomic E-state index is -4.06. The summed E-state index contributed by atoms with van der Waals surface area (Å²) in [5.74, 6) is 0. The van der Waals surface area contributed by atoms with Crippen LogP contribution < -0.4 is 0 Å². The van der Waals surface area contributed by atoms with Gasteiger partial charge in [0.05, 0.1) is 19.8 Å². The first-order valence-corrected chi connectivity index (χ1v) is 7.24. The summed E-state index contributed by atoms with van der Waals surface area (Å²) >= 11 is 0. The van der Waals surface area contributed by atoms with Crippen molar-refractivity contribution in [3.05, 3.63) is 0 Å². The van der Waals surface area contributed by atoms with E-state index in [1.165, 1.54) is 0 Å². The molecule has 0 aromatic carbocycles. The standard InChI is InChI=1S/C10H22O6S/c1-3-5-6-7-8-14-16-17(11,12)15-10-9-13-4-2/h3-10H2,1-2H3. The molecule has 0 aliphatic carbocycles. The Hall–Kier alpha value is -0.210. The van der Waals surface area contributed by atoms with E-state index in [4.69, 9.17) is 4.74 Å². The first-order valence-electron chi connectivity index (χ1n) is 5.90. The molecular weight excluding hydrogens is 248 g/mol. The van der Waals surface area contributed by atoms with Crippen LogP contribution in [0.4, 0.5) is 0 Å². The number of rotatable bonds is 12. The van der Waals surface area contributed by atoms with Crippen LogP contribution in [0.3, 0.4) is 0 Å². The zero-order chi connectivity index (χ0) is 13.0. The summed E-state index contributed by atoms with van der Waals surface area (Å²) in [5, 5.41) is 0. The third-order valence-corrected chi connectivity index (χ3v) is 2.59. The van der Waals surface area contributed by atoms with Crippen molar-refractivity contribution in [2.45, 2.75) is 39.5 Å².